The number of hydrogen-bond acceptors (Lipinski definition) is 9. The minimum absolute atomic E-state index is 0.00903. The lowest BCUT2D eigenvalue weighted by Gasteiger charge is -2.31. The number of aliphatic hydroxyl groups excluding tert-OH is 1. The third kappa shape index (κ3) is 7.76. The molecule has 0 aliphatic carbocycles. The molecule has 4 N–H and O–H groups in total. The Kier molecular flexibility index (Phi) is 11.4. The van der Waals surface area contributed by atoms with E-state index in [2.05, 4.69) is 55.6 Å². The Hall–Kier alpha value is -4.66. The normalized spacial score (nSPS) is 19.6. The van der Waals surface area contributed by atoms with Crippen LogP contribution in [-0.4, -0.2) is 92.0 Å². The summed E-state index contributed by atoms with van der Waals surface area (Å²) in [6.07, 6.45) is 7.88. The lowest BCUT2D eigenvalue weighted by Crippen LogP contribution is -2.53. The Morgan fingerprint density at radius 3 is 2.07 bits per heavy atom. The first-order valence-electron chi connectivity index (χ1n) is 19.1. The molecule has 55 heavy (non-hydrogen) atoms. The van der Waals surface area contributed by atoms with Crippen molar-refractivity contribution in [2.75, 3.05) is 19.7 Å². The van der Waals surface area contributed by atoms with Crippen LogP contribution in [-0.2, 0) is 19.2 Å². The third-order valence-electron chi connectivity index (χ3n) is 10.9. The molecule has 3 aliphatic rings. The quantitative estimate of drug-likeness (QED) is 0.135. The summed E-state index contributed by atoms with van der Waals surface area (Å²) in [5.41, 5.74) is 7.54. The second-order valence-electron chi connectivity index (χ2n) is 15.4. The van der Waals surface area contributed by atoms with E-state index in [0.29, 0.717) is 19.5 Å². The molecule has 4 aromatic rings. The summed E-state index contributed by atoms with van der Waals surface area (Å²) in [7, 11) is 0. The van der Waals surface area contributed by atoms with Crippen LogP contribution in [0.5, 0.6) is 0 Å². The van der Waals surface area contributed by atoms with E-state index in [0.717, 1.165) is 54.0 Å². The predicted octanol–water partition coefficient (Wildman–Crippen LogP) is 6.15. The Morgan fingerprint density at radius 1 is 0.855 bits per heavy atom. The Labute approximate surface area is 329 Å². The second-order valence-corrected chi connectivity index (χ2v) is 17.2. The van der Waals surface area contributed by atoms with E-state index in [9.17, 15) is 24.3 Å². The van der Waals surface area contributed by atoms with Crippen molar-refractivity contribution in [1.29, 1.82) is 0 Å². The monoisotopic (exact) mass is 783 g/mol. The van der Waals surface area contributed by atoms with Crippen LogP contribution in [0.1, 0.15) is 84.2 Å². The van der Waals surface area contributed by atoms with Gasteiger partial charge in [0.25, 0.3) is 0 Å². The summed E-state index contributed by atoms with van der Waals surface area (Å²) in [6, 6.07) is 6.90. The predicted molar refractivity (Wildman–Crippen MR) is 217 cm³/mol. The van der Waals surface area contributed by atoms with E-state index in [-0.39, 0.29) is 41.6 Å². The number of H-pyrrole nitrogens is 1. The number of nitrogens with zero attached hydrogens (tertiary/aromatic N) is 4. The highest BCUT2D eigenvalue weighted by Gasteiger charge is 2.39. The highest BCUT2D eigenvalue weighted by Crippen LogP contribution is 2.44. The minimum Gasteiger partial charge on any atom is -0.387 e. The van der Waals surface area contributed by atoms with Crippen LogP contribution in [0.15, 0.2) is 52.4 Å². The standard InChI is InChI=1S/C41H49N7O5S2/c1-22(2)35(44-24(5)50)40(52)47-14-6-8-32(47)30-16-27(17-42-30)29-21-55-37-28(20-54-38(29)37)25-10-12-26(13-11-25)31-18-43-39(45-31)33-9-7-15-48(33)41(53)36(23(3)4)46-34(51)19-49/h10-13,17-18,20-23,32-33,35-36,49H,6-9,14-16,19H2,1-5H3,(H,43,45)(H,44,50)(H,46,51)/t32?,33-,35-,36-/m0/s1. The zero-order valence-corrected chi connectivity index (χ0v) is 33.6. The Bertz CT molecular complexity index is 2150. The highest BCUT2D eigenvalue weighted by atomic mass is 32.1. The number of hydrogen-bond donors (Lipinski definition) is 4. The fourth-order valence-corrected chi connectivity index (χ4v) is 10.5. The highest BCUT2D eigenvalue weighted by molar-refractivity contribution is 7.27. The van der Waals surface area contributed by atoms with Gasteiger partial charge in [0.05, 0.1) is 33.4 Å². The molecule has 1 aromatic carbocycles. The topological polar surface area (TPSA) is 160 Å². The minimum atomic E-state index is -0.716. The van der Waals surface area contributed by atoms with Gasteiger partial charge >= 0.3 is 0 Å². The number of carbonyl (C=O) groups is 4. The largest absolute Gasteiger partial charge is 0.387 e. The molecule has 12 nitrogen and oxygen atoms in total. The first kappa shape index (κ1) is 38.6. The summed E-state index contributed by atoms with van der Waals surface area (Å²) >= 11 is 3.48. The zero-order valence-electron chi connectivity index (χ0n) is 31.9. The molecular weight excluding hydrogens is 735 g/mol. The number of aliphatic imine (C=N–C) groups is 1. The van der Waals surface area contributed by atoms with Gasteiger partial charge in [0, 0.05) is 60.2 Å². The van der Waals surface area contributed by atoms with E-state index in [1.54, 1.807) is 27.6 Å². The van der Waals surface area contributed by atoms with Crippen LogP contribution in [0.4, 0.5) is 0 Å². The van der Waals surface area contributed by atoms with Crippen LogP contribution in [0.2, 0.25) is 0 Å². The van der Waals surface area contributed by atoms with Crippen molar-refractivity contribution >= 4 is 67.0 Å². The van der Waals surface area contributed by atoms with E-state index in [4.69, 9.17) is 4.99 Å². The molecule has 14 heteroatoms. The maximum atomic E-state index is 13.6. The summed E-state index contributed by atoms with van der Waals surface area (Å²) < 4.78 is 2.47. The number of imidazole rings is 1. The number of aromatic amines is 1. The summed E-state index contributed by atoms with van der Waals surface area (Å²) in [5, 5.41) is 19.2. The van der Waals surface area contributed by atoms with Gasteiger partial charge in [-0.2, -0.15) is 0 Å². The van der Waals surface area contributed by atoms with Crippen LogP contribution in [0.25, 0.3) is 37.4 Å². The number of aromatic nitrogens is 2. The van der Waals surface area contributed by atoms with Crippen molar-refractivity contribution in [3.8, 4) is 22.4 Å². The number of aliphatic hydroxyl groups is 1. The number of nitrogens with one attached hydrogen (secondary N) is 3. The average molecular weight is 784 g/mol. The molecule has 0 saturated carbocycles. The van der Waals surface area contributed by atoms with Gasteiger partial charge in [0.1, 0.15) is 24.5 Å². The van der Waals surface area contributed by atoms with Gasteiger partial charge in [0.15, 0.2) is 0 Å². The molecule has 4 atom stereocenters. The molecule has 1 unspecified atom stereocenters. The van der Waals surface area contributed by atoms with Gasteiger partial charge in [-0.15, -0.1) is 22.7 Å². The Morgan fingerprint density at radius 2 is 1.44 bits per heavy atom. The van der Waals surface area contributed by atoms with Crippen LogP contribution in [0, 0.1) is 11.8 Å². The lowest BCUT2D eigenvalue weighted by molar-refractivity contribution is -0.139. The fourth-order valence-electron chi connectivity index (χ4n) is 8.05. The molecule has 2 saturated heterocycles. The van der Waals surface area contributed by atoms with Gasteiger partial charge in [-0.25, -0.2) is 4.98 Å². The first-order chi connectivity index (χ1) is 26.4. The summed E-state index contributed by atoms with van der Waals surface area (Å²) in [4.78, 5) is 67.6. The number of carbonyl (C=O) groups excluding carboxylic acids is 4. The smallest absolute Gasteiger partial charge is 0.246 e. The number of thiophene rings is 2. The maximum Gasteiger partial charge on any atom is 0.246 e. The van der Waals surface area contributed by atoms with Gasteiger partial charge in [-0.05, 0) is 54.2 Å². The molecule has 290 valence electrons. The third-order valence-corrected chi connectivity index (χ3v) is 13.1. The van der Waals surface area contributed by atoms with Crippen molar-refractivity contribution in [3.63, 3.8) is 0 Å². The number of allylic oxidation sites excluding steroid dienone is 1. The fraction of sp³-hybridized carbons (Fsp3) is 0.463. The van der Waals surface area contributed by atoms with E-state index in [1.807, 2.05) is 45.0 Å². The van der Waals surface area contributed by atoms with Crippen molar-refractivity contribution < 1.29 is 24.3 Å². The number of benzene rings is 1. The maximum absolute atomic E-state index is 13.6. The van der Waals surface area contributed by atoms with Gasteiger partial charge in [0.2, 0.25) is 23.6 Å². The molecule has 2 fully saturated rings. The Balaban J connectivity index is 1.02. The SMILES string of the molecule is CC(=O)N[C@H](C(=O)N1CCCC1C1=NC=C(c2csc3c(-c4ccc(-c5cnc([C@@H]6CCCN6C(=O)[C@@H](NC(=O)CO)C(C)C)[nH]5)cc4)csc23)C1)C(C)C. The van der Waals surface area contributed by atoms with E-state index < -0.39 is 24.6 Å². The first-order valence-corrected chi connectivity index (χ1v) is 20.9. The molecule has 6 heterocycles. The molecule has 3 aromatic heterocycles. The summed E-state index contributed by atoms with van der Waals surface area (Å²) in [5.74, 6) is -0.370. The molecule has 7 rings (SSSR count). The number of amides is 4. The van der Waals surface area contributed by atoms with Crippen molar-refractivity contribution in [2.45, 2.75) is 90.9 Å². The number of likely N-dealkylation sites (tertiary alicyclic amines) is 2. The summed E-state index contributed by atoms with van der Waals surface area (Å²) in [6.45, 7) is 9.74. The van der Waals surface area contributed by atoms with Gasteiger partial charge in [-0.3, -0.25) is 24.2 Å². The number of fused-ring (bicyclic) bond motifs is 1. The van der Waals surface area contributed by atoms with Gasteiger partial charge < -0.3 is 30.5 Å². The van der Waals surface area contributed by atoms with Crippen LogP contribution < -0.4 is 10.6 Å². The van der Waals surface area contributed by atoms with Crippen molar-refractivity contribution in [3.05, 3.63) is 58.8 Å². The van der Waals surface area contributed by atoms with E-state index >= 15 is 0 Å². The molecular formula is C41H49N7O5S2. The number of rotatable bonds is 12. The molecule has 4 amide bonds. The van der Waals surface area contributed by atoms with Gasteiger partial charge in [-0.1, -0.05) is 52.0 Å². The van der Waals surface area contributed by atoms with E-state index in [1.165, 1.54) is 33.0 Å². The molecule has 0 spiro atoms. The lowest BCUT2D eigenvalue weighted by atomic mass is 9.98. The van der Waals surface area contributed by atoms with Crippen molar-refractivity contribution in [2.24, 2.45) is 16.8 Å². The zero-order chi connectivity index (χ0) is 39.0. The van der Waals surface area contributed by atoms with Crippen LogP contribution in [0.3, 0.4) is 0 Å². The molecule has 0 bridgehead atoms. The molecule has 0 radical (unpaired) electrons. The average Bonchev–Trinajstić information content (AvgIpc) is 4.01. The van der Waals surface area contributed by atoms with Crippen molar-refractivity contribution in [1.82, 2.24) is 30.4 Å². The molecule has 3 aliphatic heterocycles. The second kappa shape index (κ2) is 16.2. The van der Waals surface area contributed by atoms with Crippen LogP contribution >= 0.6 is 22.7 Å².